The highest BCUT2D eigenvalue weighted by Crippen LogP contribution is 2.69. The molecule has 1 saturated carbocycles. The molecule has 1 fully saturated rings. The van der Waals surface area contributed by atoms with Crippen LogP contribution in [0.5, 0.6) is 0 Å². The molecule has 3 nitrogen and oxygen atoms in total. The number of rotatable bonds is 1. The van der Waals surface area contributed by atoms with Crippen molar-refractivity contribution in [1.29, 1.82) is 0 Å². The molecule has 14 heteroatoms. The number of fused-ring (bicyclic) bond motifs is 2. The second-order valence-electron chi connectivity index (χ2n) is 5.96. The summed E-state index contributed by atoms with van der Waals surface area (Å²) in [6.07, 6.45) is -18.3. The lowest BCUT2D eigenvalue weighted by atomic mass is 9.71. The van der Waals surface area contributed by atoms with Gasteiger partial charge in [0.2, 0.25) is 5.41 Å². The minimum atomic E-state index is -6.44. The molecule has 0 aromatic heterocycles. The molecule has 3 rings (SSSR count). The maximum absolute atomic E-state index is 14.4. The number of alkyl halides is 11. The number of hydrogen-bond acceptors (Lipinski definition) is 3. The van der Waals surface area contributed by atoms with Crippen LogP contribution in [0.25, 0.3) is 0 Å². The van der Waals surface area contributed by atoms with Crippen LogP contribution in [0.1, 0.15) is 6.42 Å². The normalized spacial score (nSPS) is 35.3. The Bertz CT molecular complexity index is 660. The predicted octanol–water partition coefficient (Wildman–Crippen LogP) is 4.56. The lowest BCUT2D eigenvalue weighted by Gasteiger charge is -2.41. The summed E-state index contributed by atoms with van der Waals surface area (Å²) < 4.78 is 150. The highest BCUT2D eigenvalue weighted by Gasteiger charge is 2.88. The molecule has 26 heavy (non-hydrogen) atoms. The zero-order valence-electron chi connectivity index (χ0n) is 11.9. The number of nitrogens with zero attached hydrogens (tertiary/aromatic N) is 1. The van der Waals surface area contributed by atoms with Gasteiger partial charge in [-0.2, -0.15) is 39.5 Å². The molecule has 0 radical (unpaired) electrons. The van der Waals surface area contributed by atoms with Crippen LogP contribution in [0, 0.1) is 17.3 Å². The van der Waals surface area contributed by atoms with E-state index in [2.05, 4.69) is 14.7 Å². The Kier molecular flexibility index (Phi) is 3.47. The maximum Gasteiger partial charge on any atom is 0.480 e. The zero-order valence-corrected chi connectivity index (χ0v) is 11.9. The zero-order chi connectivity index (χ0) is 20.0. The van der Waals surface area contributed by atoms with Crippen molar-refractivity contribution in [2.75, 3.05) is 0 Å². The average Bonchev–Trinajstić information content (AvgIpc) is 3.06. The molecule has 2 bridgehead atoms. The van der Waals surface area contributed by atoms with Crippen molar-refractivity contribution in [1.82, 2.24) is 0 Å². The van der Waals surface area contributed by atoms with Gasteiger partial charge >= 0.3 is 24.3 Å². The van der Waals surface area contributed by atoms with E-state index in [0.717, 1.165) is 0 Å². The van der Waals surface area contributed by atoms with Gasteiger partial charge in [0.05, 0.1) is 0 Å². The van der Waals surface area contributed by atoms with E-state index in [9.17, 15) is 48.3 Å². The van der Waals surface area contributed by atoms with Crippen molar-refractivity contribution in [3.63, 3.8) is 0 Å². The molecule has 0 aromatic carbocycles. The third-order valence-corrected chi connectivity index (χ3v) is 4.66. The van der Waals surface area contributed by atoms with E-state index in [0.29, 0.717) is 12.2 Å². The molecule has 148 valence electrons. The number of oxime groups is 1. The van der Waals surface area contributed by atoms with Gasteiger partial charge in [-0.25, -0.2) is 8.78 Å². The van der Waals surface area contributed by atoms with Gasteiger partial charge in [0.1, 0.15) is 0 Å². The van der Waals surface area contributed by atoms with Crippen molar-refractivity contribution < 1.29 is 57.9 Å². The lowest BCUT2D eigenvalue weighted by Crippen LogP contribution is -2.63. The Morgan fingerprint density at radius 1 is 0.846 bits per heavy atom. The van der Waals surface area contributed by atoms with E-state index in [1.807, 2.05) is 0 Å². The molecule has 0 amide bonds. The Morgan fingerprint density at radius 2 is 1.35 bits per heavy atom. The molecule has 0 spiro atoms. The summed E-state index contributed by atoms with van der Waals surface area (Å²) in [5, 5.41) is 2.08. The van der Waals surface area contributed by atoms with Crippen LogP contribution < -0.4 is 0 Å². The molecular formula is C12H6F11NO2. The molecule has 0 N–H and O–H groups in total. The van der Waals surface area contributed by atoms with Crippen LogP contribution >= 0.6 is 0 Å². The van der Waals surface area contributed by atoms with Gasteiger partial charge in [0.25, 0.3) is 11.8 Å². The molecular weight excluding hydrogens is 399 g/mol. The monoisotopic (exact) mass is 405 g/mol. The van der Waals surface area contributed by atoms with Crippen LogP contribution in [-0.4, -0.2) is 36.1 Å². The molecule has 0 aromatic rings. The fourth-order valence-electron chi connectivity index (χ4n) is 3.46. The highest BCUT2D eigenvalue weighted by molar-refractivity contribution is 5.87. The van der Waals surface area contributed by atoms with Gasteiger partial charge in [0, 0.05) is 11.8 Å². The van der Waals surface area contributed by atoms with Gasteiger partial charge in [0.15, 0.2) is 0 Å². The van der Waals surface area contributed by atoms with Gasteiger partial charge in [-0.1, -0.05) is 12.2 Å². The molecule has 3 unspecified atom stereocenters. The number of ether oxygens (including phenoxy) is 1. The molecule has 3 aliphatic rings. The number of halogens is 11. The maximum atomic E-state index is 14.4. The van der Waals surface area contributed by atoms with E-state index in [1.54, 1.807) is 0 Å². The smallest absolute Gasteiger partial charge is 0.418 e. The predicted molar refractivity (Wildman–Crippen MR) is 58.6 cm³/mol. The van der Waals surface area contributed by atoms with Crippen LogP contribution in [0.3, 0.4) is 0 Å². The largest absolute Gasteiger partial charge is 0.480 e. The van der Waals surface area contributed by atoms with E-state index in [-0.39, 0.29) is 0 Å². The first kappa shape index (κ1) is 19.0. The van der Waals surface area contributed by atoms with Gasteiger partial charge < -0.3 is 9.57 Å². The van der Waals surface area contributed by atoms with Gasteiger partial charge in [-0.3, -0.25) is 0 Å². The fourth-order valence-corrected chi connectivity index (χ4v) is 3.46. The summed E-state index contributed by atoms with van der Waals surface area (Å²) in [7, 11) is 0. The summed E-state index contributed by atoms with van der Waals surface area (Å²) in [5.74, 6) is -17.1. The van der Waals surface area contributed by atoms with Gasteiger partial charge in [-0.15, -0.1) is 0 Å². The molecule has 2 aliphatic carbocycles. The van der Waals surface area contributed by atoms with Crippen LogP contribution in [0.2, 0.25) is 0 Å². The second kappa shape index (κ2) is 4.74. The van der Waals surface area contributed by atoms with E-state index >= 15 is 0 Å². The number of hydrogen-bond donors (Lipinski definition) is 0. The SMILES string of the molecule is FC(F)(F)C1(C(F)(F)F)ON=C(C2(C(F)(F)F)C3C=CC(C3)C2(F)F)O1. The van der Waals surface area contributed by atoms with E-state index in [1.165, 1.54) is 0 Å². The third-order valence-electron chi connectivity index (χ3n) is 4.66. The first-order valence-corrected chi connectivity index (χ1v) is 6.74. The summed E-state index contributed by atoms with van der Waals surface area (Å²) in [5.41, 5.74) is -4.50. The fraction of sp³-hybridized carbons (Fsp3) is 0.750. The first-order chi connectivity index (χ1) is 11.5. The van der Waals surface area contributed by atoms with Gasteiger partial charge in [-0.05, 0) is 11.6 Å². The number of allylic oxidation sites excluding steroid dienone is 2. The third kappa shape index (κ3) is 1.92. The van der Waals surface area contributed by atoms with Crippen molar-refractivity contribution in [2.45, 2.75) is 36.7 Å². The van der Waals surface area contributed by atoms with Crippen LogP contribution in [0.4, 0.5) is 48.3 Å². The van der Waals surface area contributed by atoms with Crippen molar-refractivity contribution >= 4 is 5.90 Å². The van der Waals surface area contributed by atoms with E-state index < -0.39 is 59.8 Å². The minimum Gasteiger partial charge on any atom is -0.418 e. The summed E-state index contributed by atoms with van der Waals surface area (Å²) >= 11 is 0. The quantitative estimate of drug-likeness (QED) is 0.473. The average molecular weight is 405 g/mol. The molecule has 1 aliphatic heterocycles. The van der Waals surface area contributed by atoms with Crippen molar-refractivity contribution in [2.24, 2.45) is 22.4 Å². The standard InChI is InChI=1S/C12H6F11NO2/c13-8(14)5-2-1-4(3-5)7(8,10(15,16)17)6-24-26-9(25-6,11(18,19)20)12(21,22)23/h1-2,4-5H,3H2. The first-order valence-electron chi connectivity index (χ1n) is 6.74. The summed E-state index contributed by atoms with van der Waals surface area (Å²) in [6.45, 7) is 0. The highest BCUT2D eigenvalue weighted by atomic mass is 19.4. The Balaban J connectivity index is 2.15. The summed E-state index contributed by atoms with van der Waals surface area (Å²) in [4.78, 5) is 3.17. The Labute approximate surface area is 136 Å². The second-order valence-corrected chi connectivity index (χ2v) is 5.96. The minimum absolute atomic E-state index is 0.641. The molecule has 3 atom stereocenters. The topological polar surface area (TPSA) is 30.8 Å². The lowest BCUT2D eigenvalue weighted by molar-refractivity contribution is -0.441. The van der Waals surface area contributed by atoms with Crippen molar-refractivity contribution in [3.8, 4) is 0 Å². The Hall–Kier alpha value is -1.76. The summed E-state index contributed by atoms with van der Waals surface area (Å²) in [6, 6.07) is 0. The Morgan fingerprint density at radius 3 is 1.69 bits per heavy atom. The molecule has 1 heterocycles. The molecule has 0 saturated heterocycles. The van der Waals surface area contributed by atoms with Crippen molar-refractivity contribution in [3.05, 3.63) is 12.2 Å². The van der Waals surface area contributed by atoms with Crippen LogP contribution in [-0.2, 0) is 9.57 Å². The van der Waals surface area contributed by atoms with Crippen LogP contribution in [0.15, 0.2) is 17.3 Å². The van der Waals surface area contributed by atoms with E-state index in [4.69, 9.17) is 0 Å².